The first-order chi connectivity index (χ1) is 15.6. The van der Waals surface area contributed by atoms with Gasteiger partial charge in [-0.3, -0.25) is 15.0 Å². The molecule has 2 amide bonds. The Morgan fingerprint density at radius 3 is 2.78 bits per heavy atom. The third kappa shape index (κ3) is 4.32. The monoisotopic (exact) mass is 461 g/mol. The van der Waals surface area contributed by atoms with Gasteiger partial charge in [-0.1, -0.05) is 31.5 Å². The molecule has 2 fully saturated rings. The lowest BCUT2D eigenvalue weighted by molar-refractivity contribution is -0.155. The maximum Gasteiger partial charge on any atom is 0.234 e. The summed E-state index contributed by atoms with van der Waals surface area (Å²) in [6, 6.07) is 5.41. The van der Waals surface area contributed by atoms with E-state index in [1.54, 1.807) is 32.4 Å². The van der Waals surface area contributed by atoms with Crippen molar-refractivity contribution in [2.75, 3.05) is 31.8 Å². The Kier molecular flexibility index (Phi) is 6.98. The number of ether oxygens (including phenoxy) is 2. The molecule has 0 radical (unpaired) electrons. The molecule has 10 heteroatoms. The Hall–Kier alpha value is -2.62. The largest absolute Gasteiger partial charge is 0.493 e. The fourth-order valence-electron chi connectivity index (χ4n) is 4.77. The number of rotatable bonds is 7. The Morgan fingerprint density at radius 2 is 2.03 bits per heavy atom. The molecule has 3 aliphatic rings. The first-order valence-electron chi connectivity index (χ1n) is 11.1. The van der Waals surface area contributed by atoms with Gasteiger partial charge in [0.15, 0.2) is 23.0 Å². The van der Waals surface area contributed by atoms with E-state index in [1.807, 2.05) is 4.90 Å². The van der Waals surface area contributed by atoms with E-state index in [1.165, 1.54) is 11.8 Å². The van der Waals surface area contributed by atoms with Crippen LogP contribution in [-0.4, -0.2) is 65.6 Å². The van der Waals surface area contributed by atoms with Crippen LogP contribution in [0.5, 0.6) is 11.5 Å². The van der Waals surface area contributed by atoms with Crippen LogP contribution >= 0.6 is 11.8 Å². The van der Waals surface area contributed by atoms with Crippen molar-refractivity contribution in [1.82, 2.24) is 15.2 Å². The van der Waals surface area contributed by atoms with E-state index in [-0.39, 0.29) is 35.8 Å². The summed E-state index contributed by atoms with van der Waals surface area (Å²) in [5.74, 6) is 1.50. The Labute approximate surface area is 192 Å². The highest BCUT2D eigenvalue weighted by Gasteiger charge is 2.50. The van der Waals surface area contributed by atoms with Gasteiger partial charge in [0, 0.05) is 24.3 Å². The lowest BCUT2D eigenvalue weighted by atomic mass is 9.81. The highest BCUT2D eigenvalue weighted by Crippen LogP contribution is 2.39. The molecule has 3 unspecified atom stereocenters. The molecule has 3 atom stereocenters. The molecule has 0 bridgehead atoms. The molecule has 9 nitrogen and oxygen atoms in total. The second-order valence-corrected chi connectivity index (χ2v) is 9.14. The number of hydrogen-bond acceptors (Lipinski definition) is 8. The van der Waals surface area contributed by atoms with Crippen molar-refractivity contribution in [3.8, 4) is 11.5 Å². The zero-order valence-corrected chi connectivity index (χ0v) is 19.6. The molecule has 0 spiro atoms. The van der Waals surface area contributed by atoms with Gasteiger partial charge in [-0.2, -0.15) is 5.10 Å². The van der Waals surface area contributed by atoms with Crippen LogP contribution in [0, 0.1) is 5.92 Å². The number of amides is 2. The standard InChI is InChI=1S/C22H31N5O4S/c1-4-11-26-20(29)15-7-5-6-8-16(15)27-21(26)24-25-22(27)32-13-19(28)23-14-9-10-17(30-2)18(12-14)31-3/h9-10,12,15-16,21,24H,4-8,11,13H2,1-3H3,(H,23,28). The maximum atomic E-state index is 13.1. The molecule has 174 valence electrons. The highest BCUT2D eigenvalue weighted by molar-refractivity contribution is 8.14. The minimum Gasteiger partial charge on any atom is -0.493 e. The molecule has 0 aromatic heterocycles. The predicted molar refractivity (Wildman–Crippen MR) is 125 cm³/mol. The highest BCUT2D eigenvalue weighted by atomic mass is 32.2. The smallest absolute Gasteiger partial charge is 0.234 e. The molecular weight excluding hydrogens is 430 g/mol. The Bertz CT molecular complexity index is 895. The molecule has 4 rings (SSSR count). The first-order valence-corrected chi connectivity index (χ1v) is 12.1. The van der Waals surface area contributed by atoms with E-state index < -0.39 is 0 Å². The SMILES string of the molecule is CCCN1C(=O)C2CCCCC2N2C(SCC(=O)Nc3ccc(OC)c(OC)c3)=NNC12. The zero-order valence-electron chi connectivity index (χ0n) is 18.8. The van der Waals surface area contributed by atoms with Crippen molar-refractivity contribution in [2.45, 2.75) is 51.4 Å². The Balaban J connectivity index is 1.41. The topological polar surface area (TPSA) is 95.5 Å². The van der Waals surface area contributed by atoms with Gasteiger partial charge in [-0.05, 0) is 31.4 Å². The van der Waals surface area contributed by atoms with Crippen molar-refractivity contribution >= 4 is 34.4 Å². The number of nitrogens with zero attached hydrogens (tertiary/aromatic N) is 3. The van der Waals surface area contributed by atoms with Crippen LogP contribution < -0.4 is 20.2 Å². The molecule has 32 heavy (non-hydrogen) atoms. The van der Waals surface area contributed by atoms with E-state index in [0.717, 1.165) is 37.3 Å². The second-order valence-electron chi connectivity index (χ2n) is 8.20. The van der Waals surface area contributed by atoms with Crippen molar-refractivity contribution in [3.63, 3.8) is 0 Å². The van der Waals surface area contributed by atoms with Gasteiger partial charge < -0.3 is 24.6 Å². The van der Waals surface area contributed by atoms with Gasteiger partial charge in [0.05, 0.1) is 25.9 Å². The van der Waals surface area contributed by atoms with Gasteiger partial charge in [0.1, 0.15) is 0 Å². The summed E-state index contributed by atoms with van der Waals surface area (Å²) in [6.45, 7) is 2.78. The summed E-state index contributed by atoms with van der Waals surface area (Å²) in [7, 11) is 3.13. The number of carbonyl (C=O) groups is 2. The number of carbonyl (C=O) groups excluding carboxylic acids is 2. The van der Waals surface area contributed by atoms with E-state index in [0.29, 0.717) is 23.7 Å². The molecule has 1 aromatic rings. The van der Waals surface area contributed by atoms with Gasteiger partial charge in [-0.25, -0.2) is 0 Å². The molecule has 1 saturated carbocycles. The van der Waals surface area contributed by atoms with Crippen LogP contribution in [0.3, 0.4) is 0 Å². The average molecular weight is 462 g/mol. The quantitative estimate of drug-likeness (QED) is 0.645. The molecule has 1 aromatic carbocycles. The van der Waals surface area contributed by atoms with E-state index in [9.17, 15) is 9.59 Å². The van der Waals surface area contributed by atoms with Crippen molar-refractivity contribution in [3.05, 3.63) is 18.2 Å². The minimum atomic E-state index is -0.252. The summed E-state index contributed by atoms with van der Waals surface area (Å²) in [4.78, 5) is 29.8. The first kappa shape index (κ1) is 22.6. The lowest BCUT2D eigenvalue weighted by Crippen LogP contribution is -2.67. The number of nitrogens with one attached hydrogen (secondary N) is 2. The fraction of sp³-hybridized carbons (Fsp3) is 0.591. The molecule has 2 aliphatic heterocycles. The molecular formula is C22H31N5O4S. The number of amidine groups is 1. The summed E-state index contributed by atoms with van der Waals surface area (Å²) < 4.78 is 10.5. The number of hydrazone groups is 1. The van der Waals surface area contributed by atoms with E-state index >= 15 is 0 Å². The molecule has 1 aliphatic carbocycles. The van der Waals surface area contributed by atoms with Gasteiger partial charge in [-0.15, -0.1) is 0 Å². The summed E-state index contributed by atoms with van der Waals surface area (Å²) in [5.41, 5.74) is 3.79. The number of hydrogen-bond donors (Lipinski definition) is 2. The lowest BCUT2D eigenvalue weighted by Gasteiger charge is -2.50. The van der Waals surface area contributed by atoms with Gasteiger partial charge >= 0.3 is 0 Å². The minimum absolute atomic E-state index is 0.0119. The molecule has 2 heterocycles. The number of methoxy groups -OCH3 is 2. The average Bonchev–Trinajstić information content (AvgIpc) is 3.24. The Morgan fingerprint density at radius 1 is 1.25 bits per heavy atom. The number of benzene rings is 1. The van der Waals surface area contributed by atoms with Gasteiger partial charge in [0.25, 0.3) is 0 Å². The van der Waals surface area contributed by atoms with Crippen LogP contribution in [0.4, 0.5) is 5.69 Å². The molecule has 2 N–H and O–H groups in total. The zero-order chi connectivity index (χ0) is 22.7. The van der Waals surface area contributed by atoms with Crippen LogP contribution in [-0.2, 0) is 9.59 Å². The van der Waals surface area contributed by atoms with E-state index in [2.05, 4.69) is 27.7 Å². The maximum absolute atomic E-state index is 13.1. The van der Waals surface area contributed by atoms with Crippen LogP contribution in [0.25, 0.3) is 0 Å². The van der Waals surface area contributed by atoms with Crippen LogP contribution in [0.15, 0.2) is 23.3 Å². The third-order valence-electron chi connectivity index (χ3n) is 6.21. The fourth-order valence-corrected chi connectivity index (χ4v) is 5.60. The number of fused-ring (bicyclic) bond motifs is 3. The number of thioether (sulfide) groups is 1. The summed E-state index contributed by atoms with van der Waals surface area (Å²) in [6.07, 6.45) is 4.75. The third-order valence-corrected chi connectivity index (χ3v) is 7.17. The van der Waals surface area contributed by atoms with Gasteiger partial charge in [0.2, 0.25) is 11.8 Å². The summed E-state index contributed by atoms with van der Waals surface area (Å²) >= 11 is 1.40. The predicted octanol–water partition coefficient (Wildman–Crippen LogP) is 2.65. The number of anilines is 1. The molecule has 1 saturated heterocycles. The normalized spacial score (nSPS) is 24.3. The van der Waals surface area contributed by atoms with E-state index in [4.69, 9.17) is 9.47 Å². The van der Waals surface area contributed by atoms with Crippen LogP contribution in [0.1, 0.15) is 39.0 Å². The summed E-state index contributed by atoms with van der Waals surface area (Å²) in [5, 5.41) is 8.20. The van der Waals surface area contributed by atoms with Crippen molar-refractivity contribution < 1.29 is 19.1 Å². The van der Waals surface area contributed by atoms with Crippen molar-refractivity contribution in [1.29, 1.82) is 0 Å². The van der Waals surface area contributed by atoms with Crippen LogP contribution in [0.2, 0.25) is 0 Å². The van der Waals surface area contributed by atoms with Crippen molar-refractivity contribution in [2.24, 2.45) is 11.0 Å². The second kappa shape index (κ2) is 9.89.